The van der Waals surface area contributed by atoms with Gasteiger partial charge in [0.15, 0.2) is 0 Å². The molecule has 3 N–H and O–H groups in total. The molecule has 3 aromatic rings. The summed E-state index contributed by atoms with van der Waals surface area (Å²) in [5, 5.41) is 3.22. The normalized spacial score (nSPS) is 12.4. The molecule has 3 rings (SSSR count). The number of rotatable bonds is 6. The maximum absolute atomic E-state index is 12.8. The van der Waals surface area contributed by atoms with E-state index in [0.717, 1.165) is 16.7 Å². The average molecular weight is 362 g/mol. The summed E-state index contributed by atoms with van der Waals surface area (Å²) < 4.78 is 0. The fourth-order valence-corrected chi connectivity index (χ4v) is 3.31. The Balaban J connectivity index is 2.26. The maximum atomic E-state index is 12.8. The van der Waals surface area contributed by atoms with Gasteiger partial charge in [0.05, 0.1) is 6.04 Å². The molecule has 4 heteroatoms. The Kier molecular flexibility index (Phi) is 5.76. The summed E-state index contributed by atoms with van der Waals surface area (Å²) in [7, 11) is 0. The number of hydrogen-bond donors (Lipinski definition) is 3. The highest BCUT2D eigenvalue weighted by Crippen LogP contribution is 2.36. The lowest BCUT2D eigenvalue weighted by molar-refractivity contribution is -0.123. The first kappa shape index (κ1) is 18.2. The number of carbonyl (C=O) groups is 1. The number of thiol groups is 1. The first-order valence-corrected chi connectivity index (χ1v) is 9.17. The highest BCUT2D eigenvalue weighted by molar-refractivity contribution is 7.80. The largest absolute Gasteiger partial charge is 0.337 e. The van der Waals surface area contributed by atoms with Crippen LogP contribution < -0.4 is 11.1 Å². The van der Waals surface area contributed by atoms with Gasteiger partial charge in [-0.15, -0.1) is 0 Å². The van der Waals surface area contributed by atoms with E-state index in [4.69, 9.17) is 5.73 Å². The van der Waals surface area contributed by atoms with E-state index >= 15 is 0 Å². The minimum Gasteiger partial charge on any atom is -0.337 e. The molecule has 26 heavy (non-hydrogen) atoms. The van der Waals surface area contributed by atoms with Crippen LogP contribution in [-0.2, 0) is 10.3 Å². The molecule has 1 atom stereocenters. The third kappa shape index (κ3) is 3.52. The van der Waals surface area contributed by atoms with Crippen LogP contribution in [0.1, 0.15) is 16.7 Å². The summed E-state index contributed by atoms with van der Waals surface area (Å²) in [5.74, 6) is 0.0388. The van der Waals surface area contributed by atoms with Crippen molar-refractivity contribution in [2.75, 3.05) is 5.75 Å². The van der Waals surface area contributed by atoms with Gasteiger partial charge in [-0.25, -0.2) is 0 Å². The van der Waals surface area contributed by atoms with Crippen molar-refractivity contribution in [1.82, 2.24) is 5.32 Å². The highest BCUT2D eigenvalue weighted by atomic mass is 32.1. The van der Waals surface area contributed by atoms with Crippen LogP contribution >= 0.6 is 12.6 Å². The summed E-state index contributed by atoms with van der Waals surface area (Å²) in [4.78, 5) is 12.8. The zero-order chi connectivity index (χ0) is 18.4. The van der Waals surface area contributed by atoms with Crippen molar-refractivity contribution >= 4 is 18.5 Å². The van der Waals surface area contributed by atoms with Crippen LogP contribution in [0.15, 0.2) is 91.0 Å². The van der Waals surface area contributed by atoms with Gasteiger partial charge in [0.25, 0.3) is 0 Å². The minimum absolute atomic E-state index is 0.239. The molecule has 0 fully saturated rings. The van der Waals surface area contributed by atoms with Crippen LogP contribution in [0.25, 0.3) is 0 Å². The van der Waals surface area contributed by atoms with Crippen molar-refractivity contribution in [3.05, 3.63) is 108 Å². The Bertz CT molecular complexity index is 741. The summed E-state index contributed by atoms with van der Waals surface area (Å²) in [6, 6.07) is 29.2. The second-order valence-electron chi connectivity index (χ2n) is 6.13. The number of benzene rings is 3. The topological polar surface area (TPSA) is 55.1 Å². The van der Waals surface area contributed by atoms with Crippen LogP contribution in [0.4, 0.5) is 0 Å². The number of nitrogens with one attached hydrogen (secondary N) is 1. The molecule has 0 aromatic heterocycles. The van der Waals surface area contributed by atoms with Crippen LogP contribution in [0, 0.1) is 0 Å². The Morgan fingerprint density at radius 1 is 0.808 bits per heavy atom. The highest BCUT2D eigenvalue weighted by Gasteiger charge is 2.38. The Morgan fingerprint density at radius 3 is 1.46 bits per heavy atom. The molecule has 0 spiro atoms. The van der Waals surface area contributed by atoms with Gasteiger partial charge in [-0.1, -0.05) is 91.0 Å². The van der Waals surface area contributed by atoms with E-state index in [9.17, 15) is 4.79 Å². The molecule has 0 aliphatic rings. The van der Waals surface area contributed by atoms with Crippen molar-refractivity contribution in [3.63, 3.8) is 0 Å². The fraction of sp³-hybridized carbons (Fsp3) is 0.136. The van der Waals surface area contributed by atoms with Gasteiger partial charge in [0.2, 0.25) is 5.91 Å². The van der Waals surface area contributed by atoms with Crippen molar-refractivity contribution in [1.29, 1.82) is 0 Å². The molecule has 0 aliphatic heterocycles. The van der Waals surface area contributed by atoms with E-state index in [-0.39, 0.29) is 11.7 Å². The Labute approximate surface area is 159 Å². The predicted octanol–water partition coefficient (Wildman–Crippen LogP) is 3.35. The van der Waals surface area contributed by atoms with Crippen LogP contribution in [0.2, 0.25) is 0 Å². The molecular formula is C22H22N2OS. The third-order valence-electron chi connectivity index (χ3n) is 4.46. The van der Waals surface area contributed by atoms with Crippen molar-refractivity contribution in [2.24, 2.45) is 5.73 Å². The first-order valence-electron chi connectivity index (χ1n) is 8.53. The van der Waals surface area contributed by atoms with Crippen LogP contribution in [-0.4, -0.2) is 17.7 Å². The quantitative estimate of drug-likeness (QED) is 0.465. The van der Waals surface area contributed by atoms with E-state index in [2.05, 4.69) is 17.9 Å². The lowest BCUT2D eigenvalue weighted by atomic mass is 9.77. The van der Waals surface area contributed by atoms with Gasteiger partial charge >= 0.3 is 0 Å². The monoisotopic (exact) mass is 362 g/mol. The van der Waals surface area contributed by atoms with Crippen LogP contribution in [0.3, 0.4) is 0 Å². The molecular weight excluding hydrogens is 340 g/mol. The zero-order valence-electron chi connectivity index (χ0n) is 14.4. The van der Waals surface area contributed by atoms with Gasteiger partial charge in [-0.2, -0.15) is 12.6 Å². The molecule has 1 amide bonds. The second kappa shape index (κ2) is 8.21. The van der Waals surface area contributed by atoms with E-state index in [1.807, 2.05) is 91.0 Å². The van der Waals surface area contributed by atoms with Gasteiger partial charge in [0, 0.05) is 5.75 Å². The first-order chi connectivity index (χ1) is 12.7. The van der Waals surface area contributed by atoms with Crippen molar-refractivity contribution in [2.45, 2.75) is 11.6 Å². The van der Waals surface area contributed by atoms with E-state index in [0.29, 0.717) is 0 Å². The summed E-state index contributed by atoms with van der Waals surface area (Å²) in [6.45, 7) is 0. The summed E-state index contributed by atoms with van der Waals surface area (Å²) in [5.41, 5.74) is 8.05. The summed E-state index contributed by atoms with van der Waals surface area (Å²) in [6.07, 6.45) is 0. The summed E-state index contributed by atoms with van der Waals surface area (Å²) >= 11 is 4.18. The van der Waals surface area contributed by atoms with Gasteiger partial charge in [0.1, 0.15) is 5.54 Å². The lowest BCUT2D eigenvalue weighted by Gasteiger charge is -2.37. The van der Waals surface area contributed by atoms with E-state index in [1.165, 1.54) is 0 Å². The standard InChI is InChI=1S/C22H22N2OS/c23-20(16-26)21(25)24-22(17-10-4-1-5-11-17,18-12-6-2-7-13-18)19-14-8-3-9-15-19/h1-15,20,26H,16,23H2,(H,24,25)/t20-/m1/s1. The van der Waals surface area contributed by atoms with E-state index in [1.54, 1.807) is 0 Å². The molecule has 0 aliphatic carbocycles. The molecule has 0 saturated carbocycles. The second-order valence-corrected chi connectivity index (χ2v) is 6.49. The Hall–Kier alpha value is -2.56. The number of carbonyl (C=O) groups excluding carboxylic acids is 1. The number of nitrogens with two attached hydrogens (primary N) is 1. The molecule has 0 radical (unpaired) electrons. The number of hydrogen-bond acceptors (Lipinski definition) is 3. The number of amides is 1. The molecule has 0 bridgehead atoms. The molecule has 132 valence electrons. The predicted molar refractivity (Wildman–Crippen MR) is 109 cm³/mol. The molecule has 0 saturated heterocycles. The van der Waals surface area contributed by atoms with Crippen LogP contribution in [0.5, 0.6) is 0 Å². The van der Waals surface area contributed by atoms with Gasteiger partial charge in [-0.05, 0) is 16.7 Å². The minimum atomic E-state index is -0.832. The molecule has 0 heterocycles. The van der Waals surface area contributed by atoms with Crippen molar-refractivity contribution in [3.8, 4) is 0 Å². The maximum Gasteiger partial charge on any atom is 0.238 e. The van der Waals surface area contributed by atoms with Gasteiger partial charge < -0.3 is 11.1 Å². The molecule has 3 aromatic carbocycles. The van der Waals surface area contributed by atoms with Gasteiger partial charge in [-0.3, -0.25) is 4.79 Å². The SMILES string of the molecule is N[C@H](CS)C(=O)NC(c1ccccc1)(c1ccccc1)c1ccccc1. The molecule has 3 nitrogen and oxygen atoms in total. The lowest BCUT2D eigenvalue weighted by Crippen LogP contribution is -2.53. The zero-order valence-corrected chi connectivity index (χ0v) is 15.3. The van der Waals surface area contributed by atoms with Crippen molar-refractivity contribution < 1.29 is 4.79 Å². The molecule has 0 unspecified atom stereocenters. The van der Waals surface area contributed by atoms with E-state index < -0.39 is 11.6 Å². The Morgan fingerprint density at radius 2 is 1.15 bits per heavy atom. The fourth-order valence-electron chi connectivity index (χ4n) is 3.14. The third-order valence-corrected chi connectivity index (χ3v) is 4.86. The average Bonchev–Trinajstić information content (AvgIpc) is 2.73. The smallest absolute Gasteiger partial charge is 0.238 e.